The van der Waals surface area contributed by atoms with Crippen LogP contribution in [0.2, 0.25) is 0 Å². The molecule has 2 aromatic heterocycles. The van der Waals surface area contributed by atoms with Gasteiger partial charge in [-0.25, -0.2) is 9.97 Å². The van der Waals surface area contributed by atoms with Gasteiger partial charge in [-0.05, 0) is 30.8 Å². The van der Waals surface area contributed by atoms with Gasteiger partial charge >= 0.3 is 6.18 Å². The first-order valence-corrected chi connectivity index (χ1v) is 6.99. The molecule has 2 rings (SSSR count). The molecule has 4 nitrogen and oxygen atoms in total. The maximum Gasteiger partial charge on any atom is 0.433 e. The van der Waals surface area contributed by atoms with Gasteiger partial charge in [0.05, 0.1) is 0 Å². The largest absolute Gasteiger partial charge is 0.433 e. The van der Waals surface area contributed by atoms with Gasteiger partial charge in [0.15, 0.2) is 4.34 Å². The number of aromatic nitrogens is 2. The average Bonchev–Trinajstić information content (AvgIpc) is 2.73. The van der Waals surface area contributed by atoms with E-state index in [-0.39, 0.29) is 16.4 Å². The SMILES string of the molecule is Cc1csc(Sc2nc(C(F)(F)F)ccc2C(=N)N)n1. The number of alkyl halides is 3. The summed E-state index contributed by atoms with van der Waals surface area (Å²) in [6, 6.07) is 1.97. The fraction of sp³-hybridized carbons (Fsp3) is 0.182. The van der Waals surface area contributed by atoms with E-state index in [0.29, 0.717) is 4.34 Å². The highest BCUT2D eigenvalue weighted by Crippen LogP contribution is 2.34. The molecule has 0 unspecified atom stereocenters. The van der Waals surface area contributed by atoms with Crippen molar-refractivity contribution in [1.82, 2.24) is 9.97 Å². The van der Waals surface area contributed by atoms with Crippen LogP contribution in [0.3, 0.4) is 0 Å². The Kier molecular flexibility index (Phi) is 4.00. The molecule has 0 saturated carbocycles. The lowest BCUT2D eigenvalue weighted by molar-refractivity contribution is -0.141. The molecule has 0 atom stereocenters. The number of hydrogen-bond donors (Lipinski definition) is 2. The van der Waals surface area contributed by atoms with Crippen molar-refractivity contribution < 1.29 is 13.2 Å². The molecule has 0 fully saturated rings. The second-order valence-electron chi connectivity index (χ2n) is 3.82. The van der Waals surface area contributed by atoms with Gasteiger partial charge in [0.25, 0.3) is 0 Å². The summed E-state index contributed by atoms with van der Waals surface area (Å²) in [6.07, 6.45) is -4.54. The summed E-state index contributed by atoms with van der Waals surface area (Å²) in [6.45, 7) is 1.78. The summed E-state index contributed by atoms with van der Waals surface area (Å²) in [5.41, 5.74) is 5.28. The third-order valence-corrected chi connectivity index (χ3v) is 4.28. The van der Waals surface area contributed by atoms with E-state index in [4.69, 9.17) is 11.1 Å². The Morgan fingerprint density at radius 2 is 2.05 bits per heavy atom. The van der Waals surface area contributed by atoms with Gasteiger partial charge in [-0.15, -0.1) is 11.3 Å². The van der Waals surface area contributed by atoms with Crippen molar-refractivity contribution in [3.8, 4) is 0 Å². The van der Waals surface area contributed by atoms with Gasteiger partial charge in [-0.1, -0.05) is 0 Å². The number of rotatable bonds is 3. The fourth-order valence-electron chi connectivity index (χ4n) is 1.34. The second-order valence-corrected chi connectivity index (χ2v) is 5.91. The van der Waals surface area contributed by atoms with Crippen molar-refractivity contribution in [2.75, 3.05) is 0 Å². The van der Waals surface area contributed by atoms with E-state index in [1.165, 1.54) is 11.3 Å². The van der Waals surface area contributed by atoms with E-state index in [9.17, 15) is 13.2 Å². The zero-order chi connectivity index (χ0) is 14.9. The van der Waals surface area contributed by atoms with Crippen LogP contribution < -0.4 is 5.73 Å². The molecule has 20 heavy (non-hydrogen) atoms. The number of nitrogens with zero attached hydrogens (tertiary/aromatic N) is 2. The maximum absolute atomic E-state index is 12.7. The highest BCUT2D eigenvalue weighted by Gasteiger charge is 2.33. The van der Waals surface area contributed by atoms with Crippen LogP contribution in [-0.2, 0) is 6.18 Å². The van der Waals surface area contributed by atoms with E-state index in [0.717, 1.165) is 29.6 Å². The van der Waals surface area contributed by atoms with Crippen LogP contribution in [-0.4, -0.2) is 15.8 Å². The van der Waals surface area contributed by atoms with Gasteiger partial charge < -0.3 is 5.73 Å². The minimum atomic E-state index is -4.54. The fourth-order valence-corrected chi connectivity index (χ4v) is 3.22. The predicted molar refractivity (Wildman–Crippen MR) is 71.2 cm³/mol. The number of nitrogens with one attached hydrogen (secondary N) is 1. The number of amidine groups is 1. The van der Waals surface area contributed by atoms with Gasteiger partial charge in [-0.2, -0.15) is 13.2 Å². The number of hydrogen-bond acceptors (Lipinski definition) is 5. The van der Waals surface area contributed by atoms with E-state index < -0.39 is 11.9 Å². The standard InChI is InChI=1S/C11H9F3N4S2/c1-5-4-19-10(17-5)20-9-6(8(15)16)2-3-7(18-9)11(12,13)14/h2-4H,1H3,(H3,15,16). The highest BCUT2D eigenvalue weighted by atomic mass is 32.2. The Hall–Kier alpha value is -1.61. The molecule has 0 amide bonds. The van der Waals surface area contributed by atoms with E-state index in [1.807, 2.05) is 0 Å². The number of nitrogens with two attached hydrogens (primary N) is 1. The van der Waals surface area contributed by atoms with Crippen molar-refractivity contribution in [3.05, 3.63) is 34.5 Å². The Morgan fingerprint density at radius 1 is 1.35 bits per heavy atom. The lowest BCUT2D eigenvalue weighted by Crippen LogP contribution is -2.16. The monoisotopic (exact) mass is 318 g/mol. The Balaban J connectivity index is 2.44. The van der Waals surface area contributed by atoms with Crippen molar-refractivity contribution in [2.45, 2.75) is 22.5 Å². The Bertz CT molecular complexity index is 651. The van der Waals surface area contributed by atoms with Gasteiger partial charge in [-0.3, -0.25) is 5.41 Å². The number of pyridine rings is 1. The molecule has 0 bridgehead atoms. The van der Waals surface area contributed by atoms with E-state index in [2.05, 4.69) is 9.97 Å². The van der Waals surface area contributed by atoms with Crippen molar-refractivity contribution in [3.63, 3.8) is 0 Å². The quantitative estimate of drug-likeness (QED) is 0.672. The van der Waals surface area contributed by atoms with Crippen LogP contribution >= 0.6 is 23.1 Å². The highest BCUT2D eigenvalue weighted by molar-refractivity contribution is 8.01. The number of halogens is 3. The minimum Gasteiger partial charge on any atom is -0.384 e. The van der Waals surface area contributed by atoms with Gasteiger partial charge in [0.1, 0.15) is 16.6 Å². The first-order valence-electron chi connectivity index (χ1n) is 5.30. The topological polar surface area (TPSA) is 75.7 Å². The minimum absolute atomic E-state index is 0.0293. The molecule has 0 spiro atoms. The molecule has 2 aromatic rings. The summed E-state index contributed by atoms with van der Waals surface area (Å²) >= 11 is 2.27. The molecule has 0 radical (unpaired) electrons. The number of nitrogen functional groups attached to an aromatic ring is 1. The Labute approximate surface area is 120 Å². The molecule has 0 saturated heterocycles. The van der Waals surface area contributed by atoms with Crippen LogP contribution in [0.4, 0.5) is 13.2 Å². The molecule has 0 aliphatic carbocycles. The normalized spacial score (nSPS) is 11.6. The maximum atomic E-state index is 12.7. The zero-order valence-corrected chi connectivity index (χ0v) is 11.8. The molecule has 106 valence electrons. The molecule has 2 heterocycles. The summed E-state index contributed by atoms with van der Waals surface area (Å²) in [5, 5.41) is 9.21. The molecule has 0 aliphatic rings. The predicted octanol–water partition coefficient (Wildman–Crippen LogP) is 3.30. The lowest BCUT2D eigenvalue weighted by Gasteiger charge is -2.10. The molecule has 9 heteroatoms. The van der Waals surface area contributed by atoms with Crippen molar-refractivity contribution in [2.24, 2.45) is 5.73 Å². The molecule has 3 N–H and O–H groups in total. The third kappa shape index (κ3) is 3.28. The van der Waals surface area contributed by atoms with Crippen LogP contribution in [0.1, 0.15) is 17.0 Å². The second kappa shape index (κ2) is 5.41. The molecule has 0 aromatic carbocycles. The third-order valence-electron chi connectivity index (χ3n) is 2.22. The summed E-state index contributed by atoms with van der Waals surface area (Å²) in [4.78, 5) is 7.70. The van der Waals surface area contributed by atoms with Crippen LogP contribution in [0.25, 0.3) is 0 Å². The van der Waals surface area contributed by atoms with E-state index in [1.54, 1.807) is 12.3 Å². The van der Waals surface area contributed by atoms with Crippen LogP contribution in [0.5, 0.6) is 0 Å². The van der Waals surface area contributed by atoms with Crippen molar-refractivity contribution >= 4 is 28.9 Å². The van der Waals surface area contributed by atoms with Crippen LogP contribution in [0, 0.1) is 12.3 Å². The molecular weight excluding hydrogens is 309 g/mol. The van der Waals surface area contributed by atoms with Gasteiger partial charge in [0.2, 0.25) is 0 Å². The summed E-state index contributed by atoms with van der Waals surface area (Å²) < 4.78 is 38.6. The summed E-state index contributed by atoms with van der Waals surface area (Å²) in [7, 11) is 0. The van der Waals surface area contributed by atoms with E-state index >= 15 is 0 Å². The number of thiazole rings is 1. The Morgan fingerprint density at radius 3 is 2.55 bits per heavy atom. The molecular formula is C11H9F3N4S2. The summed E-state index contributed by atoms with van der Waals surface area (Å²) in [5.74, 6) is -0.331. The van der Waals surface area contributed by atoms with Gasteiger partial charge in [0, 0.05) is 16.6 Å². The number of aryl methyl sites for hydroxylation is 1. The van der Waals surface area contributed by atoms with Crippen LogP contribution in [0.15, 0.2) is 26.9 Å². The smallest absolute Gasteiger partial charge is 0.384 e. The first-order chi connectivity index (χ1) is 9.27. The lowest BCUT2D eigenvalue weighted by atomic mass is 10.2. The first kappa shape index (κ1) is 14.8. The average molecular weight is 318 g/mol. The zero-order valence-electron chi connectivity index (χ0n) is 10.2. The molecule has 0 aliphatic heterocycles. The van der Waals surface area contributed by atoms with Crippen molar-refractivity contribution in [1.29, 1.82) is 5.41 Å².